The average Bonchev–Trinajstić information content (AvgIpc) is 2.95. The van der Waals surface area contributed by atoms with Gasteiger partial charge in [-0.2, -0.15) is 0 Å². The van der Waals surface area contributed by atoms with Crippen LogP contribution in [0.15, 0.2) is 11.6 Å². The van der Waals surface area contributed by atoms with Crippen LogP contribution in [0.3, 0.4) is 0 Å². The molecule has 0 aromatic heterocycles. The molecule has 6 nitrogen and oxygen atoms in total. The summed E-state index contributed by atoms with van der Waals surface area (Å²) in [5.41, 5.74) is 4.17. The van der Waals surface area contributed by atoms with E-state index in [1.165, 1.54) is 7.11 Å². The Kier molecular flexibility index (Phi) is 5.62. The van der Waals surface area contributed by atoms with E-state index in [0.717, 1.165) is 16.7 Å². The number of ether oxygens (including phenoxy) is 2. The molecule has 0 bridgehead atoms. The number of carboxylic acids is 1. The molecule has 1 aromatic rings. The number of methoxy groups -OCH3 is 1. The SMILES string of the molecule is COC(=O)CC/C(C)=C/Cc1c(C)c(C)c2c(c1C(=O)O)C(=O)OC2. The van der Waals surface area contributed by atoms with Crippen LogP contribution in [0, 0.1) is 13.8 Å². The molecule has 0 saturated heterocycles. The smallest absolute Gasteiger partial charge is 0.339 e. The summed E-state index contributed by atoms with van der Waals surface area (Å²) in [7, 11) is 1.34. The molecule has 6 heteroatoms. The van der Waals surface area contributed by atoms with E-state index < -0.39 is 11.9 Å². The molecular formula is C19H22O6. The van der Waals surface area contributed by atoms with Crippen LogP contribution in [0.5, 0.6) is 0 Å². The zero-order valence-electron chi connectivity index (χ0n) is 14.9. The fourth-order valence-electron chi connectivity index (χ4n) is 3.02. The number of aromatic carboxylic acids is 1. The molecular weight excluding hydrogens is 324 g/mol. The van der Waals surface area contributed by atoms with Gasteiger partial charge >= 0.3 is 17.9 Å². The molecule has 0 aliphatic carbocycles. The third-order valence-corrected chi connectivity index (χ3v) is 4.69. The van der Waals surface area contributed by atoms with E-state index in [0.29, 0.717) is 24.0 Å². The maximum absolute atomic E-state index is 12.0. The Morgan fingerprint density at radius 3 is 2.52 bits per heavy atom. The van der Waals surface area contributed by atoms with Crippen molar-refractivity contribution in [3.8, 4) is 0 Å². The van der Waals surface area contributed by atoms with Crippen molar-refractivity contribution in [2.75, 3.05) is 7.11 Å². The first-order chi connectivity index (χ1) is 11.8. The maximum Gasteiger partial charge on any atom is 0.339 e. The molecule has 1 N–H and O–H groups in total. The van der Waals surface area contributed by atoms with Crippen LogP contribution < -0.4 is 0 Å². The average molecular weight is 346 g/mol. The van der Waals surface area contributed by atoms with Gasteiger partial charge in [0.05, 0.1) is 18.2 Å². The highest BCUT2D eigenvalue weighted by atomic mass is 16.5. The number of hydrogen-bond donors (Lipinski definition) is 1. The number of hydrogen-bond acceptors (Lipinski definition) is 5. The number of carbonyl (C=O) groups excluding carboxylic acids is 2. The third-order valence-electron chi connectivity index (χ3n) is 4.69. The van der Waals surface area contributed by atoms with Gasteiger partial charge in [0.1, 0.15) is 6.61 Å². The summed E-state index contributed by atoms with van der Waals surface area (Å²) >= 11 is 0. The fraction of sp³-hybridized carbons (Fsp3) is 0.421. The molecule has 0 radical (unpaired) electrons. The fourth-order valence-corrected chi connectivity index (χ4v) is 3.02. The molecule has 0 saturated carbocycles. The summed E-state index contributed by atoms with van der Waals surface area (Å²) in [5.74, 6) is -2.00. The lowest BCUT2D eigenvalue weighted by molar-refractivity contribution is -0.140. The van der Waals surface area contributed by atoms with E-state index in [-0.39, 0.29) is 30.1 Å². The molecule has 0 fully saturated rings. The highest BCUT2D eigenvalue weighted by Crippen LogP contribution is 2.33. The van der Waals surface area contributed by atoms with Crippen LogP contribution in [-0.2, 0) is 27.3 Å². The van der Waals surface area contributed by atoms with Crippen LogP contribution in [0.4, 0.5) is 0 Å². The molecule has 0 atom stereocenters. The van der Waals surface area contributed by atoms with Gasteiger partial charge in [0.15, 0.2) is 0 Å². The normalized spacial score (nSPS) is 13.4. The van der Waals surface area contributed by atoms with E-state index in [1.807, 2.05) is 26.8 Å². The van der Waals surface area contributed by atoms with Gasteiger partial charge in [0.2, 0.25) is 0 Å². The number of esters is 2. The van der Waals surface area contributed by atoms with E-state index in [2.05, 4.69) is 4.74 Å². The molecule has 0 spiro atoms. The van der Waals surface area contributed by atoms with Crippen LogP contribution in [-0.4, -0.2) is 30.1 Å². The van der Waals surface area contributed by atoms with E-state index in [9.17, 15) is 19.5 Å². The Morgan fingerprint density at radius 1 is 1.24 bits per heavy atom. The molecule has 1 heterocycles. The first-order valence-corrected chi connectivity index (χ1v) is 8.05. The van der Waals surface area contributed by atoms with Gasteiger partial charge in [-0.1, -0.05) is 11.6 Å². The van der Waals surface area contributed by atoms with Crippen LogP contribution in [0.25, 0.3) is 0 Å². The molecule has 1 aromatic carbocycles. The largest absolute Gasteiger partial charge is 0.478 e. The van der Waals surface area contributed by atoms with Gasteiger partial charge in [-0.25, -0.2) is 9.59 Å². The summed E-state index contributed by atoms with van der Waals surface area (Å²) in [6.07, 6.45) is 3.09. The zero-order chi connectivity index (χ0) is 18.7. The standard InChI is InChI=1S/C19H22O6/c1-10(6-8-15(20)24-4)5-7-13-11(2)12(3)14-9-25-19(23)17(14)16(13)18(21)22/h5H,6-9H2,1-4H3,(H,21,22)/b10-5+. The minimum absolute atomic E-state index is 0.0256. The lowest BCUT2D eigenvalue weighted by Gasteiger charge is -2.15. The Hall–Kier alpha value is -2.63. The minimum atomic E-state index is -1.13. The van der Waals surface area contributed by atoms with Crippen LogP contribution in [0.2, 0.25) is 0 Å². The van der Waals surface area contributed by atoms with E-state index >= 15 is 0 Å². The third kappa shape index (κ3) is 3.73. The molecule has 1 aliphatic heterocycles. The van der Waals surface area contributed by atoms with Crippen molar-refractivity contribution in [2.24, 2.45) is 0 Å². The number of benzene rings is 1. The van der Waals surface area contributed by atoms with E-state index in [4.69, 9.17) is 4.74 Å². The Morgan fingerprint density at radius 2 is 1.92 bits per heavy atom. The predicted molar refractivity (Wildman–Crippen MR) is 90.7 cm³/mol. The predicted octanol–water partition coefficient (Wildman–Crippen LogP) is 3.11. The summed E-state index contributed by atoms with van der Waals surface area (Å²) in [6, 6.07) is 0. The topological polar surface area (TPSA) is 89.9 Å². The molecule has 134 valence electrons. The second-order valence-corrected chi connectivity index (χ2v) is 6.17. The van der Waals surface area contributed by atoms with Gasteiger partial charge in [0, 0.05) is 12.0 Å². The highest BCUT2D eigenvalue weighted by molar-refractivity contribution is 6.06. The maximum atomic E-state index is 12.0. The quantitative estimate of drug-likeness (QED) is 0.629. The van der Waals surface area contributed by atoms with Gasteiger partial charge in [-0.05, 0) is 50.3 Å². The number of rotatable bonds is 6. The molecule has 25 heavy (non-hydrogen) atoms. The van der Waals surface area contributed by atoms with Gasteiger partial charge < -0.3 is 14.6 Å². The van der Waals surface area contributed by atoms with Crippen molar-refractivity contribution >= 4 is 17.9 Å². The second-order valence-electron chi connectivity index (χ2n) is 6.17. The Labute approximate surface area is 146 Å². The zero-order valence-corrected chi connectivity index (χ0v) is 14.9. The van der Waals surface area contributed by atoms with Crippen molar-refractivity contribution < 1.29 is 29.0 Å². The van der Waals surface area contributed by atoms with Gasteiger partial charge in [-0.15, -0.1) is 0 Å². The van der Waals surface area contributed by atoms with Crippen molar-refractivity contribution in [3.05, 3.63) is 45.0 Å². The summed E-state index contributed by atoms with van der Waals surface area (Å²) in [6.45, 7) is 5.74. The minimum Gasteiger partial charge on any atom is -0.478 e. The molecule has 1 aliphatic rings. The summed E-state index contributed by atoms with van der Waals surface area (Å²) in [5, 5.41) is 9.65. The monoisotopic (exact) mass is 346 g/mol. The lowest BCUT2D eigenvalue weighted by Crippen LogP contribution is -2.13. The lowest BCUT2D eigenvalue weighted by atomic mass is 9.87. The Bertz CT molecular complexity index is 773. The summed E-state index contributed by atoms with van der Waals surface area (Å²) in [4.78, 5) is 35.0. The van der Waals surface area contributed by atoms with Gasteiger partial charge in [-0.3, -0.25) is 4.79 Å². The number of carbonyl (C=O) groups is 3. The van der Waals surface area contributed by atoms with Crippen molar-refractivity contribution in [1.82, 2.24) is 0 Å². The second kappa shape index (κ2) is 7.51. The number of cyclic esters (lactones) is 1. The number of allylic oxidation sites excluding steroid dienone is 2. The molecule has 0 unspecified atom stereocenters. The van der Waals surface area contributed by atoms with Crippen LogP contribution >= 0.6 is 0 Å². The van der Waals surface area contributed by atoms with Crippen molar-refractivity contribution in [2.45, 2.75) is 46.6 Å². The summed E-state index contributed by atoms with van der Waals surface area (Å²) < 4.78 is 9.65. The van der Waals surface area contributed by atoms with Crippen molar-refractivity contribution in [3.63, 3.8) is 0 Å². The number of carboxylic acid groups (broad SMARTS) is 1. The first kappa shape index (κ1) is 18.7. The number of fused-ring (bicyclic) bond motifs is 1. The first-order valence-electron chi connectivity index (χ1n) is 8.05. The Balaban J connectivity index is 2.39. The molecule has 2 rings (SSSR count). The van der Waals surface area contributed by atoms with Gasteiger partial charge in [0.25, 0.3) is 0 Å². The van der Waals surface area contributed by atoms with Crippen molar-refractivity contribution in [1.29, 1.82) is 0 Å². The van der Waals surface area contributed by atoms with E-state index in [1.54, 1.807) is 0 Å². The molecule has 0 amide bonds. The van der Waals surface area contributed by atoms with Crippen LogP contribution in [0.1, 0.15) is 62.7 Å². The highest BCUT2D eigenvalue weighted by Gasteiger charge is 2.32.